The monoisotopic (exact) mass is 243 g/mol. The van der Waals surface area contributed by atoms with E-state index in [4.69, 9.17) is 16.9 Å². The van der Waals surface area contributed by atoms with Gasteiger partial charge in [-0.3, -0.25) is 0 Å². The van der Waals surface area contributed by atoms with Crippen LogP contribution in [-0.2, 0) is 0 Å². The molecule has 1 N–H and O–H groups in total. The second kappa shape index (κ2) is 4.86. The summed E-state index contributed by atoms with van der Waals surface area (Å²) in [5, 5.41) is 12.7. The van der Waals surface area contributed by atoms with E-state index in [9.17, 15) is 0 Å². The molecule has 2 rings (SSSR count). The Morgan fingerprint density at radius 2 is 1.94 bits per heavy atom. The summed E-state index contributed by atoms with van der Waals surface area (Å²) < 4.78 is 0. The fourth-order valence-electron chi connectivity index (χ4n) is 1.48. The van der Waals surface area contributed by atoms with E-state index >= 15 is 0 Å². The molecule has 0 unspecified atom stereocenters. The average molecular weight is 244 g/mol. The number of rotatable bonds is 2. The zero-order valence-corrected chi connectivity index (χ0v) is 9.99. The van der Waals surface area contributed by atoms with Crippen LogP contribution in [0.4, 0.5) is 11.5 Å². The lowest BCUT2D eigenvalue weighted by atomic mass is 10.2. The van der Waals surface area contributed by atoms with Gasteiger partial charge in [0.15, 0.2) is 0 Å². The van der Waals surface area contributed by atoms with Crippen molar-refractivity contribution < 1.29 is 0 Å². The summed E-state index contributed by atoms with van der Waals surface area (Å²) in [6, 6.07) is 12.9. The summed E-state index contributed by atoms with van der Waals surface area (Å²) in [4.78, 5) is 4.30. The van der Waals surface area contributed by atoms with Crippen molar-refractivity contribution in [1.82, 2.24) is 4.98 Å². The van der Waals surface area contributed by atoms with Crippen LogP contribution in [0.25, 0.3) is 0 Å². The molecular formula is C13H10ClN3. The van der Waals surface area contributed by atoms with E-state index in [2.05, 4.69) is 16.4 Å². The molecule has 1 aromatic carbocycles. The molecule has 84 valence electrons. The molecule has 0 aliphatic carbocycles. The lowest BCUT2D eigenvalue weighted by Crippen LogP contribution is -1.95. The Morgan fingerprint density at radius 1 is 1.24 bits per heavy atom. The van der Waals surface area contributed by atoms with Crippen molar-refractivity contribution in [3.63, 3.8) is 0 Å². The topological polar surface area (TPSA) is 48.7 Å². The average Bonchev–Trinajstić information content (AvgIpc) is 2.31. The number of pyridine rings is 1. The fraction of sp³-hybridized carbons (Fsp3) is 0.0769. The number of hydrogen-bond donors (Lipinski definition) is 1. The maximum absolute atomic E-state index is 8.87. The third-order valence-electron chi connectivity index (χ3n) is 2.20. The van der Waals surface area contributed by atoms with E-state index < -0.39 is 0 Å². The predicted molar refractivity (Wildman–Crippen MR) is 68.4 cm³/mol. The Hall–Kier alpha value is -2.05. The molecule has 1 heterocycles. The van der Waals surface area contributed by atoms with Crippen LogP contribution < -0.4 is 5.32 Å². The maximum atomic E-state index is 8.87. The van der Waals surface area contributed by atoms with Gasteiger partial charge in [0.1, 0.15) is 5.82 Å². The normalized spacial score (nSPS) is 9.71. The number of hydrogen-bond acceptors (Lipinski definition) is 3. The zero-order valence-electron chi connectivity index (χ0n) is 9.24. The first kappa shape index (κ1) is 11.4. The predicted octanol–water partition coefficient (Wildman–Crippen LogP) is 3.66. The van der Waals surface area contributed by atoms with Gasteiger partial charge in [0.25, 0.3) is 0 Å². The highest BCUT2D eigenvalue weighted by molar-refractivity contribution is 6.30. The van der Waals surface area contributed by atoms with Gasteiger partial charge in [0, 0.05) is 16.4 Å². The summed E-state index contributed by atoms with van der Waals surface area (Å²) in [6.45, 7) is 1.86. The van der Waals surface area contributed by atoms with E-state index in [0.717, 1.165) is 11.4 Å². The second-order valence-corrected chi connectivity index (χ2v) is 4.06. The van der Waals surface area contributed by atoms with Crippen LogP contribution in [0.3, 0.4) is 0 Å². The number of nitrogens with one attached hydrogen (secondary N) is 1. The van der Waals surface area contributed by atoms with Gasteiger partial charge < -0.3 is 5.32 Å². The Labute approximate surface area is 105 Å². The third kappa shape index (κ3) is 2.96. The highest BCUT2D eigenvalue weighted by Gasteiger charge is 2.00. The number of aryl methyl sites for hydroxylation is 1. The summed E-state index contributed by atoms with van der Waals surface area (Å²) in [5.74, 6) is 0.656. The van der Waals surface area contributed by atoms with Gasteiger partial charge in [-0.15, -0.1) is 0 Å². The molecule has 0 aliphatic rings. The highest BCUT2D eigenvalue weighted by Crippen LogP contribution is 2.18. The summed E-state index contributed by atoms with van der Waals surface area (Å²) in [5.41, 5.74) is 2.28. The summed E-state index contributed by atoms with van der Waals surface area (Å²) in [7, 11) is 0. The SMILES string of the molecule is Cc1cc(C#N)cc(Nc2ccc(Cl)cc2)n1. The Morgan fingerprint density at radius 3 is 2.59 bits per heavy atom. The minimum atomic E-state index is 0.592. The summed E-state index contributed by atoms with van der Waals surface area (Å²) >= 11 is 5.80. The molecule has 17 heavy (non-hydrogen) atoms. The van der Waals surface area contributed by atoms with Crippen LogP contribution in [0.1, 0.15) is 11.3 Å². The van der Waals surface area contributed by atoms with Crippen molar-refractivity contribution in [3.05, 3.63) is 52.7 Å². The largest absolute Gasteiger partial charge is 0.340 e. The van der Waals surface area contributed by atoms with Crippen molar-refractivity contribution in [2.75, 3.05) is 5.32 Å². The molecule has 2 aromatic rings. The molecule has 0 aliphatic heterocycles. The molecule has 4 heteroatoms. The first-order valence-electron chi connectivity index (χ1n) is 5.09. The molecule has 0 fully saturated rings. The number of aromatic nitrogens is 1. The minimum absolute atomic E-state index is 0.592. The molecule has 0 saturated heterocycles. The van der Waals surface area contributed by atoms with Crippen molar-refractivity contribution in [3.8, 4) is 6.07 Å². The van der Waals surface area contributed by atoms with Crippen molar-refractivity contribution in [2.45, 2.75) is 6.92 Å². The lowest BCUT2D eigenvalue weighted by molar-refractivity contribution is 1.19. The van der Waals surface area contributed by atoms with E-state index in [-0.39, 0.29) is 0 Å². The van der Waals surface area contributed by atoms with E-state index in [0.29, 0.717) is 16.4 Å². The Kier molecular flexibility index (Phi) is 3.27. The van der Waals surface area contributed by atoms with Gasteiger partial charge in [-0.05, 0) is 43.3 Å². The van der Waals surface area contributed by atoms with Crippen LogP contribution in [0.2, 0.25) is 5.02 Å². The first-order chi connectivity index (χ1) is 8.17. The van der Waals surface area contributed by atoms with Crippen molar-refractivity contribution >= 4 is 23.1 Å². The smallest absolute Gasteiger partial charge is 0.131 e. The molecule has 0 saturated carbocycles. The number of anilines is 2. The molecule has 0 spiro atoms. The molecular weight excluding hydrogens is 234 g/mol. The Balaban J connectivity index is 2.27. The van der Waals surface area contributed by atoms with Gasteiger partial charge in [0.05, 0.1) is 11.6 Å². The lowest BCUT2D eigenvalue weighted by Gasteiger charge is -2.06. The number of nitriles is 1. The van der Waals surface area contributed by atoms with Gasteiger partial charge in [0.2, 0.25) is 0 Å². The molecule has 3 nitrogen and oxygen atoms in total. The van der Waals surface area contributed by atoms with Crippen molar-refractivity contribution in [1.29, 1.82) is 5.26 Å². The number of nitrogens with zero attached hydrogens (tertiary/aromatic N) is 2. The zero-order chi connectivity index (χ0) is 12.3. The van der Waals surface area contributed by atoms with Crippen LogP contribution in [0, 0.1) is 18.3 Å². The van der Waals surface area contributed by atoms with Gasteiger partial charge >= 0.3 is 0 Å². The molecule has 0 amide bonds. The first-order valence-corrected chi connectivity index (χ1v) is 5.46. The van der Waals surface area contributed by atoms with Crippen LogP contribution in [-0.4, -0.2) is 4.98 Å². The van der Waals surface area contributed by atoms with Gasteiger partial charge in [-0.2, -0.15) is 5.26 Å². The van der Waals surface area contributed by atoms with Crippen LogP contribution in [0.5, 0.6) is 0 Å². The number of halogens is 1. The molecule has 0 radical (unpaired) electrons. The standard InChI is InChI=1S/C13H10ClN3/c1-9-6-10(8-15)7-13(16-9)17-12-4-2-11(14)3-5-12/h2-7H,1H3,(H,16,17). The van der Waals surface area contributed by atoms with Crippen LogP contribution in [0.15, 0.2) is 36.4 Å². The maximum Gasteiger partial charge on any atom is 0.131 e. The van der Waals surface area contributed by atoms with Crippen LogP contribution >= 0.6 is 11.6 Å². The highest BCUT2D eigenvalue weighted by atomic mass is 35.5. The van der Waals surface area contributed by atoms with E-state index in [1.54, 1.807) is 24.3 Å². The molecule has 0 bridgehead atoms. The number of benzene rings is 1. The van der Waals surface area contributed by atoms with Crippen molar-refractivity contribution in [2.24, 2.45) is 0 Å². The van der Waals surface area contributed by atoms with E-state index in [1.165, 1.54) is 0 Å². The Bertz CT molecular complexity index is 570. The summed E-state index contributed by atoms with van der Waals surface area (Å²) in [6.07, 6.45) is 0. The van der Waals surface area contributed by atoms with Gasteiger partial charge in [-0.25, -0.2) is 4.98 Å². The van der Waals surface area contributed by atoms with Gasteiger partial charge in [-0.1, -0.05) is 11.6 Å². The minimum Gasteiger partial charge on any atom is -0.340 e. The molecule has 1 aromatic heterocycles. The second-order valence-electron chi connectivity index (χ2n) is 3.63. The fourth-order valence-corrected chi connectivity index (χ4v) is 1.60. The quantitative estimate of drug-likeness (QED) is 0.876. The van der Waals surface area contributed by atoms with E-state index in [1.807, 2.05) is 19.1 Å². The third-order valence-corrected chi connectivity index (χ3v) is 2.45. The molecule has 0 atom stereocenters.